The summed E-state index contributed by atoms with van der Waals surface area (Å²) < 4.78 is 35.1. The van der Waals surface area contributed by atoms with Crippen molar-refractivity contribution < 1.29 is 28.4 Å². The predicted octanol–water partition coefficient (Wildman–Crippen LogP) is 5.77. The minimum Gasteiger partial charge on any atom is -0.493 e. The van der Waals surface area contributed by atoms with Crippen LogP contribution in [0.15, 0.2) is 59.7 Å². The number of rotatable bonds is 7. The molecule has 37 heavy (non-hydrogen) atoms. The summed E-state index contributed by atoms with van der Waals surface area (Å²) in [6, 6.07) is 17.6. The van der Waals surface area contributed by atoms with Crippen LogP contribution in [0.3, 0.4) is 0 Å². The zero-order chi connectivity index (χ0) is 25.4. The molecule has 1 aliphatic carbocycles. The van der Waals surface area contributed by atoms with Gasteiger partial charge in [0.1, 0.15) is 6.61 Å². The van der Waals surface area contributed by atoms with Gasteiger partial charge in [-0.25, -0.2) is 0 Å². The first kappa shape index (κ1) is 23.3. The van der Waals surface area contributed by atoms with Crippen molar-refractivity contribution in [1.82, 2.24) is 0 Å². The summed E-state index contributed by atoms with van der Waals surface area (Å²) in [4.78, 5) is 3.16. The van der Waals surface area contributed by atoms with E-state index in [9.17, 15) is 5.53 Å². The lowest BCUT2D eigenvalue weighted by Gasteiger charge is -2.39. The third-order valence-electron chi connectivity index (χ3n) is 7.48. The molecule has 3 aromatic rings. The molecule has 6 rings (SSSR count). The van der Waals surface area contributed by atoms with Gasteiger partial charge < -0.3 is 28.4 Å². The van der Waals surface area contributed by atoms with Gasteiger partial charge in [-0.3, -0.25) is 0 Å². The maximum atomic E-state index is 9.36. The van der Waals surface area contributed by atoms with Gasteiger partial charge in [-0.1, -0.05) is 35.4 Å². The van der Waals surface area contributed by atoms with E-state index in [1.54, 1.807) is 14.2 Å². The molecule has 0 amide bonds. The van der Waals surface area contributed by atoms with Crippen LogP contribution in [0.25, 0.3) is 10.4 Å². The van der Waals surface area contributed by atoms with Crippen molar-refractivity contribution in [3.63, 3.8) is 0 Å². The van der Waals surface area contributed by atoms with Gasteiger partial charge in [0.2, 0.25) is 12.5 Å². The molecule has 0 bridgehead atoms. The molecule has 190 valence electrons. The van der Waals surface area contributed by atoms with E-state index in [-0.39, 0.29) is 30.6 Å². The maximum Gasteiger partial charge on any atom is 0.231 e. The molecule has 0 spiro atoms. The molecule has 0 unspecified atom stereocenters. The molecule has 3 aromatic carbocycles. The lowest BCUT2D eigenvalue weighted by atomic mass is 9.65. The number of hydrogen-bond donors (Lipinski definition) is 0. The van der Waals surface area contributed by atoms with E-state index < -0.39 is 0 Å². The van der Waals surface area contributed by atoms with Crippen molar-refractivity contribution in [3.05, 3.63) is 87.3 Å². The Bertz CT molecular complexity index is 1330. The Morgan fingerprint density at radius 3 is 2.27 bits per heavy atom. The fourth-order valence-corrected chi connectivity index (χ4v) is 5.80. The van der Waals surface area contributed by atoms with E-state index in [0.717, 1.165) is 22.3 Å². The first-order chi connectivity index (χ1) is 18.2. The highest BCUT2D eigenvalue weighted by molar-refractivity contribution is 5.59. The van der Waals surface area contributed by atoms with Gasteiger partial charge in [-0.15, -0.1) is 0 Å². The largest absolute Gasteiger partial charge is 0.493 e. The topological polar surface area (TPSA) is 104 Å². The SMILES string of the molecule is COc1cc([C@@H]2c3cc4c(cc3[C@@H](N=[N+]=[N-])[C@H]3COC[C@H]23)OCO4)cc(OC)c1OCc1ccccc1. The fraction of sp³-hybridized carbons (Fsp3) is 0.357. The third-order valence-corrected chi connectivity index (χ3v) is 7.48. The van der Waals surface area contributed by atoms with Gasteiger partial charge in [-0.2, -0.15) is 0 Å². The van der Waals surface area contributed by atoms with Crippen LogP contribution in [-0.2, 0) is 11.3 Å². The Kier molecular flexibility index (Phi) is 6.16. The standard InChI is InChI=1S/C28H27N3O6/c1-32-24-8-17(9-25(33-2)28(24)35-12-16-6-4-3-5-7-16)26-18-10-22-23(37-15-36-22)11-19(18)27(30-31-29)21-14-34-13-20(21)26/h3-11,20-21,26-27H,12-15H2,1-2H3/t20-,21-,26+,27+/m0/s1. The molecule has 2 heterocycles. The van der Waals surface area contributed by atoms with Crippen LogP contribution < -0.4 is 23.7 Å². The van der Waals surface area contributed by atoms with Crippen molar-refractivity contribution in [1.29, 1.82) is 0 Å². The summed E-state index contributed by atoms with van der Waals surface area (Å²) in [5, 5.41) is 4.19. The van der Waals surface area contributed by atoms with Gasteiger partial charge in [-0.05, 0) is 58.0 Å². The highest BCUT2D eigenvalue weighted by Gasteiger charge is 2.47. The summed E-state index contributed by atoms with van der Waals surface area (Å²) >= 11 is 0. The van der Waals surface area contributed by atoms with Crippen molar-refractivity contribution in [2.24, 2.45) is 17.0 Å². The van der Waals surface area contributed by atoms with E-state index in [0.29, 0.717) is 48.6 Å². The third kappa shape index (κ3) is 4.06. The van der Waals surface area contributed by atoms with Crippen molar-refractivity contribution >= 4 is 0 Å². The van der Waals surface area contributed by atoms with E-state index in [1.807, 2.05) is 54.6 Å². The molecule has 9 heteroatoms. The van der Waals surface area contributed by atoms with Crippen LogP contribution >= 0.6 is 0 Å². The quantitative estimate of drug-likeness (QED) is 0.231. The Morgan fingerprint density at radius 2 is 1.59 bits per heavy atom. The van der Waals surface area contributed by atoms with Crippen molar-refractivity contribution in [3.8, 4) is 28.7 Å². The number of methoxy groups -OCH3 is 2. The van der Waals surface area contributed by atoms with E-state index >= 15 is 0 Å². The normalized spacial score (nSPS) is 23.0. The van der Waals surface area contributed by atoms with E-state index in [4.69, 9.17) is 28.4 Å². The van der Waals surface area contributed by atoms with E-state index in [2.05, 4.69) is 10.0 Å². The molecule has 9 nitrogen and oxygen atoms in total. The number of ether oxygens (including phenoxy) is 6. The summed E-state index contributed by atoms with van der Waals surface area (Å²) in [6.45, 7) is 1.62. The number of nitrogens with zero attached hydrogens (tertiary/aromatic N) is 3. The second kappa shape index (κ2) is 9.76. The zero-order valence-corrected chi connectivity index (χ0v) is 20.6. The minimum atomic E-state index is -0.351. The van der Waals surface area contributed by atoms with Crippen molar-refractivity contribution in [2.75, 3.05) is 34.2 Å². The molecule has 0 N–H and O–H groups in total. The van der Waals surface area contributed by atoms with Gasteiger partial charge in [0.25, 0.3) is 0 Å². The number of fused-ring (bicyclic) bond motifs is 3. The predicted molar refractivity (Wildman–Crippen MR) is 134 cm³/mol. The second-order valence-corrected chi connectivity index (χ2v) is 9.36. The Morgan fingerprint density at radius 1 is 0.919 bits per heavy atom. The molecular formula is C28H27N3O6. The summed E-state index contributed by atoms with van der Waals surface area (Å²) in [6.07, 6.45) is 0. The van der Waals surface area contributed by atoms with Crippen molar-refractivity contribution in [2.45, 2.75) is 18.6 Å². The Balaban J connectivity index is 1.46. The number of benzene rings is 3. The smallest absolute Gasteiger partial charge is 0.231 e. The van der Waals surface area contributed by atoms with Gasteiger partial charge in [0.15, 0.2) is 23.0 Å². The van der Waals surface area contributed by atoms with E-state index in [1.165, 1.54) is 0 Å². The average molecular weight is 502 g/mol. The molecule has 0 aromatic heterocycles. The molecular weight excluding hydrogens is 474 g/mol. The summed E-state index contributed by atoms with van der Waals surface area (Å²) in [5.74, 6) is 3.11. The Hall–Kier alpha value is -4.07. The average Bonchev–Trinajstić information content (AvgIpc) is 3.60. The lowest BCUT2D eigenvalue weighted by Crippen LogP contribution is -2.32. The molecule has 4 atom stereocenters. The number of azide groups is 1. The van der Waals surface area contributed by atoms with Gasteiger partial charge in [0.05, 0.1) is 33.5 Å². The summed E-state index contributed by atoms with van der Waals surface area (Å²) in [5.41, 5.74) is 13.4. The molecule has 2 aliphatic heterocycles. The molecule has 0 radical (unpaired) electrons. The van der Waals surface area contributed by atoms with Crippen LogP contribution in [-0.4, -0.2) is 34.2 Å². The van der Waals surface area contributed by atoms with Gasteiger partial charge in [0, 0.05) is 16.7 Å². The highest BCUT2D eigenvalue weighted by Crippen LogP contribution is 2.56. The zero-order valence-electron chi connectivity index (χ0n) is 20.6. The summed E-state index contributed by atoms with van der Waals surface area (Å²) in [7, 11) is 3.25. The maximum absolute atomic E-state index is 9.36. The lowest BCUT2D eigenvalue weighted by molar-refractivity contribution is 0.173. The Labute approximate surface area is 214 Å². The van der Waals surface area contributed by atoms with Crippen LogP contribution in [0.2, 0.25) is 0 Å². The van der Waals surface area contributed by atoms with Crippen LogP contribution in [0.5, 0.6) is 28.7 Å². The number of hydrogen-bond acceptors (Lipinski definition) is 7. The first-order valence-corrected chi connectivity index (χ1v) is 12.2. The molecule has 1 fully saturated rings. The molecule has 1 saturated heterocycles. The van der Waals surface area contributed by atoms with Gasteiger partial charge >= 0.3 is 0 Å². The molecule has 3 aliphatic rings. The van der Waals surface area contributed by atoms with Crippen LogP contribution in [0.4, 0.5) is 0 Å². The minimum absolute atomic E-state index is 0.0276. The van der Waals surface area contributed by atoms with Crippen LogP contribution in [0.1, 0.15) is 34.2 Å². The highest BCUT2D eigenvalue weighted by atomic mass is 16.7. The monoisotopic (exact) mass is 501 g/mol. The van der Waals surface area contributed by atoms with Crippen LogP contribution in [0, 0.1) is 11.8 Å². The second-order valence-electron chi connectivity index (χ2n) is 9.36. The fourth-order valence-electron chi connectivity index (χ4n) is 5.80. The first-order valence-electron chi connectivity index (χ1n) is 12.2. The molecule has 0 saturated carbocycles.